The highest BCUT2D eigenvalue weighted by Gasteiger charge is 2.27. The standard InChI is InChI=1S/C15H30N2O/c1-2-3-4-5-6-9-12-17-15(18)13-10-7-8-11-14(13)16/h13-14H,2-12,16H2,1H3,(H,17,18). The third-order valence-electron chi connectivity index (χ3n) is 3.99. The topological polar surface area (TPSA) is 55.1 Å². The summed E-state index contributed by atoms with van der Waals surface area (Å²) in [4.78, 5) is 12.0. The fraction of sp³-hybridized carbons (Fsp3) is 0.933. The van der Waals surface area contributed by atoms with Gasteiger partial charge < -0.3 is 11.1 Å². The Labute approximate surface area is 112 Å². The molecule has 18 heavy (non-hydrogen) atoms. The van der Waals surface area contributed by atoms with Crippen LogP contribution in [-0.4, -0.2) is 18.5 Å². The van der Waals surface area contributed by atoms with Crippen molar-refractivity contribution >= 4 is 5.91 Å². The predicted octanol–water partition coefficient (Wildman–Crippen LogP) is 2.98. The van der Waals surface area contributed by atoms with Gasteiger partial charge in [0.15, 0.2) is 0 Å². The maximum atomic E-state index is 12.0. The van der Waals surface area contributed by atoms with Crippen molar-refractivity contribution in [1.82, 2.24) is 5.32 Å². The van der Waals surface area contributed by atoms with E-state index < -0.39 is 0 Å². The summed E-state index contributed by atoms with van der Waals surface area (Å²) in [7, 11) is 0. The number of carbonyl (C=O) groups excluding carboxylic acids is 1. The van der Waals surface area contributed by atoms with Crippen LogP contribution in [0.4, 0.5) is 0 Å². The molecule has 1 fully saturated rings. The molecule has 0 saturated heterocycles. The van der Waals surface area contributed by atoms with Crippen LogP contribution in [0, 0.1) is 5.92 Å². The highest BCUT2D eigenvalue weighted by molar-refractivity contribution is 5.79. The molecule has 2 atom stereocenters. The molecule has 2 unspecified atom stereocenters. The second-order valence-corrected chi connectivity index (χ2v) is 5.61. The minimum Gasteiger partial charge on any atom is -0.356 e. The Balaban J connectivity index is 2.02. The van der Waals surface area contributed by atoms with Crippen LogP contribution in [0.5, 0.6) is 0 Å². The summed E-state index contributed by atoms with van der Waals surface area (Å²) in [5.41, 5.74) is 6.00. The number of rotatable bonds is 8. The number of carbonyl (C=O) groups is 1. The molecule has 106 valence electrons. The molecule has 3 nitrogen and oxygen atoms in total. The van der Waals surface area contributed by atoms with Gasteiger partial charge in [0.2, 0.25) is 5.91 Å². The Morgan fingerprint density at radius 3 is 2.50 bits per heavy atom. The van der Waals surface area contributed by atoms with E-state index >= 15 is 0 Å². The average Bonchev–Trinajstić information content (AvgIpc) is 2.38. The third-order valence-corrected chi connectivity index (χ3v) is 3.99. The smallest absolute Gasteiger partial charge is 0.224 e. The number of amides is 1. The Bertz CT molecular complexity index is 231. The molecule has 0 aromatic carbocycles. The van der Waals surface area contributed by atoms with E-state index in [1.54, 1.807) is 0 Å². The lowest BCUT2D eigenvalue weighted by molar-refractivity contribution is -0.126. The van der Waals surface area contributed by atoms with Crippen molar-refractivity contribution < 1.29 is 4.79 Å². The summed E-state index contributed by atoms with van der Waals surface area (Å²) >= 11 is 0. The fourth-order valence-electron chi connectivity index (χ4n) is 2.73. The largest absolute Gasteiger partial charge is 0.356 e. The van der Waals surface area contributed by atoms with Crippen LogP contribution < -0.4 is 11.1 Å². The van der Waals surface area contributed by atoms with Crippen LogP contribution >= 0.6 is 0 Å². The van der Waals surface area contributed by atoms with Crippen LogP contribution in [0.25, 0.3) is 0 Å². The van der Waals surface area contributed by atoms with E-state index in [0.29, 0.717) is 0 Å². The molecule has 1 saturated carbocycles. The van der Waals surface area contributed by atoms with Crippen LogP contribution in [0.3, 0.4) is 0 Å². The Hall–Kier alpha value is -0.570. The number of unbranched alkanes of at least 4 members (excludes halogenated alkanes) is 5. The number of nitrogens with two attached hydrogens (primary N) is 1. The minimum atomic E-state index is 0.0684. The van der Waals surface area contributed by atoms with Crippen molar-refractivity contribution in [2.75, 3.05) is 6.54 Å². The highest BCUT2D eigenvalue weighted by atomic mass is 16.1. The van der Waals surface area contributed by atoms with Gasteiger partial charge in [-0.2, -0.15) is 0 Å². The molecule has 1 aliphatic rings. The zero-order chi connectivity index (χ0) is 13.2. The molecule has 0 bridgehead atoms. The molecule has 1 aliphatic carbocycles. The summed E-state index contributed by atoms with van der Waals surface area (Å²) < 4.78 is 0. The highest BCUT2D eigenvalue weighted by Crippen LogP contribution is 2.22. The Morgan fingerprint density at radius 1 is 1.11 bits per heavy atom. The van der Waals surface area contributed by atoms with E-state index in [1.165, 1.54) is 38.5 Å². The van der Waals surface area contributed by atoms with Gasteiger partial charge >= 0.3 is 0 Å². The van der Waals surface area contributed by atoms with Crippen molar-refractivity contribution in [1.29, 1.82) is 0 Å². The monoisotopic (exact) mass is 254 g/mol. The first-order chi connectivity index (χ1) is 8.75. The molecule has 3 heteroatoms. The van der Waals surface area contributed by atoms with Crippen molar-refractivity contribution in [2.24, 2.45) is 11.7 Å². The summed E-state index contributed by atoms with van der Waals surface area (Å²) in [6.07, 6.45) is 11.9. The molecule has 0 aromatic rings. The van der Waals surface area contributed by atoms with Crippen molar-refractivity contribution in [3.63, 3.8) is 0 Å². The minimum absolute atomic E-state index is 0.0684. The maximum absolute atomic E-state index is 12.0. The average molecular weight is 254 g/mol. The van der Waals surface area contributed by atoms with E-state index in [2.05, 4.69) is 12.2 Å². The molecule has 0 heterocycles. The quantitative estimate of drug-likeness (QED) is 0.654. The fourth-order valence-corrected chi connectivity index (χ4v) is 2.73. The van der Waals surface area contributed by atoms with Crippen LogP contribution in [0.15, 0.2) is 0 Å². The van der Waals surface area contributed by atoms with Gasteiger partial charge in [0, 0.05) is 12.6 Å². The second-order valence-electron chi connectivity index (χ2n) is 5.61. The number of hydrogen-bond acceptors (Lipinski definition) is 2. The summed E-state index contributed by atoms with van der Waals surface area (Å²) in [6.45, 7) is 3.06. The molecule has 3 N–H and O–H groups in total. The number of hydrogen-bond donors (Lipinski definition) is 2. The predicted molar refractivity (Wildman–Crippen MR) is 76.3 cm³/mol. The lowest BCUT2D eigenvalue weighted by atomic mass is 9.84. The SMILES string of the molecule is CCCCCCCCNC(=O)C1CCCCC1N. The van der Waals surface area contributed by atoms with E-state index in [0.717, 1.165) is 32.2 Å². The van der Waals surface area contributed by atoms with Crippen LogP contribution in [0.1, 0.15) is 71.1 Å². The third kappa shape index (κ3) is 5.85. The van der Waals surface area contributed by atoms with Gasteiger partial charge in [-0.05, 0) is 19.3 Å². The van der Waals surface area contributed by atoms with Gasteiger partial charge in [0.05, 0.1) is 5.92 Å². The molecule has 1 amide bonds. The normalized spacial score (nSPS) is 23.9. The second kappa shape index (κ2) is 9.37. The summed E-state index contributed by atoms with van der Waals surface area (Å²) in [5, 5.41) is 3.05. The van der Waals surface area contributed by atoms with Crippen LogP contribution in [-0.2, 0) is 4.79 Å². The first-order valence-corrected chi connectivity index (χ1v) is 7.79. The molecule has 0 radical (unpaired) electrons. The Kier molecular flexibility index (Phi) is 8.06. The summed E-state index contributed by atoms with van der Waals surface area (Å²) in [6, 6.07) is 0.0864. The number of nitrogens with one attached hydrogen (secondary N) is 1. The zero-order valence-electron chi connectivity index (χ0n) is 11.9. The molecule has 0 aromatic heterocycles. The first kappa shape index (κ1) is 15.5. The van der Waals surface area contributed by atoms with E-state index in [9.17, 15) is 4.79 Å². The van der Waals surface area contributed by atoms with Crippen molar-refractivity contribution in [3.8, 4) is 0 Å². The van der Waals surface area contributed by atoms with Crippen LogP contribution in [0.2, 0.25) is 0 Å². The van der Waals surface area contributed by atoms with Gasteiger partial charge in [-0.25, -0.2) is 0 Å². The molecule has 0 aliphatic heterocycles. The first-order valence-electron chi connectivity index (χ1n) is 7.79. The summed E-state index contributed by atoms with van der Waals surface area (Å²) in [5.74, 6) is 0.259. The lowest BCUT2D eigenvalue weighted by Gasteiger charge is -2.27. The van der Waals surface area contributed by atoms with Gasteiger partial charge in [-0.15, -0.1) is 0 Å². The van der Waals surface area contributed by atoms with E-state index in [1.807, 2.05) is 0 Å². The molecule has 1 rings (SSSR count). The zero-order valence-corrected chi connectivity index (χ0v) is 11.9. The van der Waals surface area contributed by atoms with Gasteiger partial charge in [0.25, 0.3) is 0 Å². The maximum Gasteiger partial charge on any atom is 0.224 e. The van der Waals surface area contributed by atoms with E-state index in [4.69, 9.17) is 5.73 Å². The molecule has 0 spiro atoms. The Morgan fingerprint density at radius 2 is 1.78 bits per heavy atom. The lowest BCUT2D eigenvalue weighted by Crippen LogP contribution is -2.43. The van der Waals surface area contributed by atoms with Crippen molar-refractivity contribution in [2.45, 2.75) is 77.2 Å². The van der Waals surface area contributed by atoms with Gasteiger partial charge in [0.1, 0.15) is 0 Å². The molecular formula is C15H30N2O. The van der Waals surface area contributed by atoms with E-state index in [-0.39, 0.29) is 17.9 Å². The van der Waals surface area contributed by atoms with Crippen molar-refractivity contribution in [3.05, 3.63) is 0 Å². The molecular weight excluding hydrogens is 224 g/mol. The van der Waals surface area contributed by atoms with Gasteiger partial charge in [-0.1, -0.05) is 51.9 Å². The van der Waals surface area contributed by atoms with Gasteiger partial charge in [-0.3, -0.25) is 4.79 Å².